The summed E-state index contributed by atoms with van der Waals surface area (Å²) in [6.45, 7) is 2.24. The summed E-state index contributed by atoms with van der Waals surface area (Å²) in [4.78, 5) is -0.0347. The van der Waals surface area contributed by atoms with Gasteiger partial charge in [-0.1, -0.05) is 6.92 Å². The highest BCUT2D eigenvalue weighted by molar-refractivity contribution is 7.99. The Morgan fingerprint density at radius 3 is 2.78 bits per heavy atom. The van der Waals surface area contributed by atoms with Gasteiger partial charge >= 0.3 is 0 Å². The van der Waals surface area contributed by atoms with Crippen LogP contribution in [0.2, 0.25) is 0 Å². The van der Waals surface area contributed by atoms with Crippen molar-refractivity contribution in [3.05, 3.63) is 23.8 Å². The molecule has 7 heteroatoms. The summed E-state index contributed by atoms with van der Waals surface area (Å²) < 4.78 is 26.5. The molecule has 18 heavy (non-hydrogen) atoms. The summed E-state index contributed by atoms with van der Waals surface area (Å²) in [6, 6.07) is 6.01. The van der Waals surface area contributed by atoms with Crippen LogP contribution in [0.5, 0.6) is 0 Å². The summed E-state index contributed by atoms with van der Waals surface area (Å²) in [5.74, 6) is 0. The molecule has 0 aliphatic carbocycles. The molecule has 0 radical (unpaired) electrons. The van der Waals surface area contributed by atoms with E-state index in [1.54, 1.807) is 11.8 Å². The van der Waals surface area contributed by atoms with Gasteiger partial charge in [-0.25, -0.2) is 13.1 Å². The average Bonchev–Trinajstić information content (AvgIpc) is 2.35. The third-order valence-electron chi connectivity index (χ3n) is 2.38. The number of rotatable bonds is 5. The van der Waals surface area contributed by atoms with Crippen LogP contribution in [0, 0.1) is 11.3 Å². The van der Waals surface area contributed by atoms with Gasteiger partial charge in [0.25, 0.3) is 0 Å². The molecule has 0 aliphatic heterocycles. The number of nitrogens with two attached hydrogens (primary N) is 1. The number of nitrogens with zero attached hydrogens (tertiary/aromatic N) is 1. The molecule has 0 aliphatic rings. The standard InChI is InChI=1S/C11H15N3O2S2/c1-8(17-2)7-14-18(15,16)11-4-3-10(13)5-9(11)6-12/h3-5,8,14H,7,13H2,1-2H3. The fourth-order valence-electron chi connectivity index (χ4n) is 1.26. The number of nitriles is 1. The van der Waals surface area contributed by atoms with Gasteiger partial charge in [0.15, 0.2) is 0 Å². The monoisotopic (exact) mass is 285 g/mol. The maximum Gasteiger partial charge on any atom is 0.241 e. The van der Waals surface area contributed by atoms with Crippen LogP contribution in [-0.4, -0.2) is 26.5 Å². The van der Waals surface area contributed by atoms with Crippen molar-refractivity contribution >= 4 is 27.5 Å². The lowest BCUT2D eigenvalue weighted by Crippen LogP contribution is -2.30. The van der Waals surface area contributed by atoms with Gasteiger partial charge in [-0.15, -0.1) is 0 Å². The van der Waals surface area contributed by atoms with Gasteiger partial charge in [0.2, 0.25) is 10.0 Å². The number of nitrogen functional groups attached to an aromatic ring is 1. The zero-order valence-electron chi connectivity index (χ0n) is 10.2. The van der Waals surface area contributed by atoms with Gasteiger partial charge in [0.05, 0.1) is 10.5 Å². The van der Waals surface area contributed by atoms with E-state index in [1.165, 1.54) is 18.2 Å². The molecule has 0 heterocycles. The van der Waals surface area contributed by atoms with Crippen molar-refractivity contribution in [2.75, 3.05) is 18.5 Å². The molecule has 0 spiro atoms. The second kappa shape index (κ2) is 6.09. The Kier molecular flexibility index (Phi) is 5.02. The second-order valence-electron chi connectivity index (χ2n) is 3.77. The minimum Gasteiger partial charge on any atom is -0.399 e. The fraction of sp³-hybridized carbons (Fsp3) is 0.364. The van der Waals surface area contributed by atoms with Gasteiger partial charge in [-0.05, 0) is 24.5 Å². The summed E-state index contributed by atoms with van der Waals surface area (Å²) in [5.41, 5.74) is 5.94. The van der Waals surface area contributed by atoms with Crippen LogP contribution in [0.4, 0.5) is 5.69 Å². The third kappa shape index (κ3) is 3.63. The Bertz CT molecular complexity index is 564. The number of anilines is 1. The Morgan fingerprint density at radius 2 is 2.22 bits per heavy atom. The van der Waals surface area contributed by atoms with E-state index in [1.807, 2.05) is 19.2 Å². The van der Waals surface area contributed by atoms with Crippen molar-refractivity contribution in [3.8, 4) is 6.07 Å². The maximum absolute atomic E-state index is 12.0. The largest absolute Gasteiger partial charge is 0.399 e. The van der Waals surface area contributed by atoms with E-state index in [9.17, 15) is 8.42 Å². The summed E-state index contributed by atoms with van der Waals surface area (Å²) >= 11 is 1.56. The van der Waals surface area contributed by atoms with Crippen molar-refractivity contribution in [2.24, 2.45) is 0 Å². The van der Waals surface area contributed by atoms with Crippen LogP contribution in [0.1, 0.15) is 12.5 Å². The van der Waals surface area contributed by atoms with E-state index in [0.717, 1.165) is 0 Å². The van der Waals surface area contributed by atoms with Crippen molar-refractivity contribution in [1.82, 2.24) is 4.72 Å². The highest BCUT2D eigenvalue weighted by Crippen LogP contribution is 2.18. The number of benzene rings is 1. The van der Waals surface area contributed by atoms with E-state index >= 15 is 0 Å². The van der Waals surface area contributed by atoms with E-state index in [-0.39, 0.29) is 15.7 Å². The first-order valence-electron chi connectivity index (χ1n) is 5.22. The normalized spacial score (nSPS) is 12.9. The van der Waals surface area contributed by atoms with E-state index in [0.29, 0.717) is 12.2 Å². The highest BCUT2D eigenvalue weighted by Gasteiger charge is 2.19. The number of sulfonamides is 1. The minimum absolute atomic E-state index is 0.0347. The van der Waals surface area contributed by atoms with Gasteiger partial charge in [0, 0.05) is 17.5 Å². The second-order valence-corrected chi connectivity index (χ2v) is 6.78. The first-order valence-corrected chi connectivity index (χ1v) is 8.00. The molecule has 98 valence electrons. The summed E-state index contributed by atoms with van der Waals surface area (Å²) in [7, 11) is -3.67. The quantitative estimate of drug-likeness (QED) is 0.792. The molecule has 0 saturated carbocycles. The predicted octanol–water partition coefficient (Wildman–Crippen LogP) is 1.17. The number of hydrogen-bond acceptors (Lipinski definition) is 5. The Labute approximate surface area is 111 Å². The maximum atomic E-state index is 12.0. The van der Waals surface area contributed by atoms with Crippen molar-refractivity contribution in [1.29, 1.82) is 5.26 Å². The molecule has 1 rings (SSSR count). The van der Waals surface area contributed by atoms with Crippen LogP contribution >= 0.6 is 11.8 Å². The lowest BCUT2D eigenvalue weighted by Gasteiger charge is -2.11. The molecule has 0 aromatic heterocycles. The SMILES string of the molecule is CSC(C)CNS(=O)(=O)c1ccc(N)cc1C#N. The van der Waals surface area contributed by atoms with E-state index in [4.69, 9.17) is 11.0 Å². The molecule has 0 fully saturated rings. The zero-order chi connectivity index (χ0) is 13.8. The molecular formula is C11H15N3O2S2. The average molecular weight is 285 g/mol. The molecular weight excluding hydrogens is 270 g/mol. The third-order valence-corrected chi connectivity index (χ3v) is 4.83. The van der Waals surface area contributed by atoms with Crippen molar-refractivity contribution < 1.29 is 8.42 Å². The lowest BCUT2D eigenvalue weighted by atomic mass is 10.2. The van der Waals surface area contributed by atoms with Gasteiger partial charge in [-0.2, -0.15) is 17.0 Å². The molecule has 1 aromatic rings. The van der Waals surface area contributed by atoms with E-state index < -0.39 is 10.0 Å². The fourth-order valence-corrected chi connectivity index (χ4v) is 2.88. The van der Waals surface area contributed by atoms with Gasteiger partial charge in [0.1, 0.15) is 6.07 Å². The topological polar surface area (TPSA) is 96.0 Å². The minimum atomic E-state index is -3.67. The molecule has 3 N–H and O–H groups in total. The molecule has 1 atom stereocenters. The van der Waals surface area contributed by atoms with Crippen LogP contribution in [-0.2, 0) is 10.0 Å². The Balaban J connectivity index is 3.03. The summed E-state index contributed by atoms with van der Waals surface area (Å²) in [5, 5.41) is 9.09. The number of nitrogens with one attached hydrogen (secondary N) is 1. The van der Waals surface area contributed by atoms with Gasteiger partial charge < -0.3 is 5.73 Å². The van der Waals surface area contributed by atoms with Crippen LogP contribution < -0.4 is 10.5 Å². The molecule has 0 bridgehead atoms. The first-order chi connectivity index (χ1) is 8.40. The molecule has 0 saturated heterocycles. The highest BCUT2D eigenvalue weighted by atomic mass is 32.2. The van der Waals surface area contributed by atoms with Gasteiger partial charge in [-0.3, -0.25) is 0 Å². The van der Waals surface area contributed by atoms with Crippen LogP contribution in [0.25, 0.3) is 0 Å². The number of hydrogen-bond donors (Lipinski definition) is 2. The predicted molar refractivity (Wildman–Crippen MR) is 73.7 cm³/mol. The Hall–Kier alpha value is -1.23. The Morgan fingerprint density at radius 1 is 1.56 bits per heavy atom. The molecule has 5 nitrogen and oxygen atoms in total. The molecule has 1 unspecified atom stereocenters. The first kappa shape index (κ1) is 14.8. The van der Waals surface area contributed by atoms with Crippen LogP contribution in [0.15, 0.2) is 23.1 Å². The van der Waals surface area contributed by atoms with Crippen molar-refractivity contribution in [3.63, 3.8) is 0 Å². The molecule has 1 aromatic carbocycles. The number of thioether (sulfide) groups is 1. The molecule has 0 amide bonds. The summed E-state index contributed by atoms with van der Waals surface area (Å²) in [6.07, 6.45) is 1.91. The zero-order valence-corrected chi connectivity index (χ0v) is 11.8. The van der Waals surface area contributed by atoms with Crippen LogP contribution in [0.3, 0.4) is 0 Å². The van der Waals surface area contributed by atoms with Crippen molar-refractivity contribution in [2.45, 2.75) is 17.1 Å². The lowest BCUT2D eigenvalue weighted by molar-refractivity contribution is 0.581. The smallest absolute Gasteiger partial charge is 0.241 e. The van der Waals surface area contributed by atoms with E-state index in [2.05, 4.69) is 4.72 Å².